The van der Waals surface area contributed by atoms with Gasteiger partial charge in [-0.1, -0.05) is 0 Å². The molecule has 0 spiro atoms. The summed E-state index contributed by atoms with van der Waals surface area (Å²) in [6.45, 7) is 21.5. The maximum absolute atomic E-state index is 7.01. The minimum Gasteiger partial charge on any atom is -1.00 e. The van der Waals surface area contributed by atoms with E-state index in [0.717, 1.165) is 17.9 Å². The van der Waals surface area contributed by atoms with Crippen LogP contribution in [0.4, 0.5) is 0 Å². The fourth-order valence-electron chi connectivity index (χ4n) is 12.3. The van der Waals surface area contributed by atoms with E-state index in [1.165, 1.54) is 39.4 Å². The molecular formula is C51H53Cl3Zr. The number of halogens is 3. The van der Waals surface area contributed by atoms with E-state index in [0.29, 0.717) is 9.54 Å². The zero-order valence-corrected chi connectivity index (χ0v) is 38.3. The van der Waals surface area contributed by atoms with Crippen molar-refractivity contribution < 1.29 is 46.1 Å². The minimum atomic E-state index is -3.15. The molecule has 3 unspecified atom stereocenters. The Labute approximate surface area is 354 Å². The fourth-order valence-corrected chi connectivity index (χ4v) is 24.2. The summed E-state index contributed by atoms with van der Waals surface area (Å²) in [7, 11) is 0. The molecule has 282 valence electrons. The first kappa shape index (κ1) is 40.7. The second-order valence-corrected chi connectivity index (χ2v) is 26.2. The van der Waals surface area contributed by atoms with Crippen molar-refractivity contribution in [3.8, 4) is 0 Å². The Balaban J connectivity index is 0.00000233. The molecule has 4 aromatic carbocycles. The maximum Gasteiger partial charge on any atom is -1.00 e. The SMILES string of the molecule is CC12C(=C3Cc4ccccc4C3=C3C=CCCC31)[C](C)([Zr+2](=[C](c1cccc(Cl)c1)c1cccc3ccccc13)[CH]1C=CC=C1)C(C)(C)C(C)(C)C2(C)C.[Cl-].[Cl-]. The van der Waals surface area contributed by atoms with Crippen LogP contribution in [0.15, 0.2) is 144 Å². The average Bonchev–Trinajstić information content (AvgIpc) is 3.81. The Bertz CT molecular complexity index is 2400. The quantitative estimate of drug-likeness (QED) is 0.195. The summed E-state index contributed by atoms with van der Waals surface area (Å²) >= 11 is 3.86. The predicted molar refractivity (Wildman–Crippen MR) is 224 cm³/mol. The van der Waals surface area contributed by atoms with Crippen LogP contribution in [0.3, 0.4) is 0 Å². The summed E-state index contributed by atoms with van der Waals surface area (Å²) in [4.78, 5) is 0. The minimum absolute atomic E-state index is 0. The summed E-state index contributed by atoms with van der Waals surface area (Å²) in [5, 5.41) is 3.47. The van der Waals surface area contributed by atoms with Gasteiger partial charge in [0.2, 0.25) is 0 Å². The molecule has 0 nitrogen and oxygen atoms in total. The smallest absolute Gasteiger partial charge is 1.00 e. The van der Waals surface area contributed by atoms with E-state index in [-0.39, 0.29) is 49.6 Å². The van der Waals surface area contributed by atoms with Gasteiger partial charge in [0.15, 0.2) is 0 Å². The van der Waals surface area contributed by atoms with Gasteiger partial charge in [0.1, 0.15) is 0 Å². The molecule has 1 saturated carbocycles. The summed E-state index contributed by atoms with van der Waals surface area (Å²) < 4.78 is 1.91. The summed E-state index contributed by atoms with van der Waals surface area (Å²) in [6, 6.07) is 34.4. The van der Waals surface area contributed by atoms with Gasteiger partial charge in [-0.3, -0.25) is 0 Å². The number of allylic oxidation sites excluding steroid dienone is 10. The molecule has 0 amide bonds. The zero-order chi connectivity index (χ0) is 37.1. The van der Waals surface area contributed by atoms with Crippen LogP contribution in [0.25, 0.3) is 16.3 Å². The Morgan fingerprint density at radius 1 is 0.727 bits per heavy atom. The molecule has 0 aromatic heterocycles. The molecule has 0 radical (unpaired) electrons. The summed E-state index contributed by atoms with van der Waals surface area (Å²) in [5.41, 5.74) is 12.2. The first-order chi connectivity index (χ1) is 25.3. The van der Waals surface area contributed by atoms with Crippen molar-refractivity contribution in [1.82, 2.24) is 0 Å². The second-order valence-electron chi connectivity index (χ2n) is 18.4. The van der Waals surface area contributed by atoms with E-state index in [1.54, 1.807) is 25.5 Å². The van der Waals surface area contributed by atoms with Crippen LogP contribution in [-0.4, -0.2) is 3.21 Å². The van der Waals surface area contributed by atoms with Gasteiger partial charge in [0, 0.05) is 0 Å². The first-order valence-electron chi connectivity index (χ1n) is 19.8. The molecule has 1 fully saturated rings. The van der Waals surface area contributed by atoms with Gasteiger partial charge < -0.3 is 24.8 Å². The molecule has 5 aliphatic rings. The molecule has 4 heteroatoms. The van der Waals surface area contributed by atoms with E-state index in [9.17, 15) is 0 Å². The zero-order valence-electron chi connectivity index (χ0n) is 33.5. The van der Waals surface area contributed by atoms with Gasteiger partial charge in [0.05, 0.1) is 0 Å². The molecule has 0 heterocycles. The van der Waals surface area contributed by atoms with E-state index in [2.05, 4.69) is 183 Å². The van der Waals surface area contributed by atoms with Crippen molar-refractivity contribution in [3.05, 3.63) is 171 Å². The summed E-state index contributed by atoms with van der Waals surface area (Å²) in [5.74, 6) is 0.462. The van der Waals surface area contributed by atoms with Gasteiger partial charge in [0.25, 0.3) is 0 Å². The van der Waals surface area contributed by atoms with E-state index >= 15 is 0 Å². The van der Waals surface area contributed by atoms with Gasteiger partial charge in [-0.05, 0) is 0 Å². The van der Waals surface area contributed by atoms with Crippen molar-refractivity contribution in [2.24, 2.45) is 27.6 Å². The van der Waals surface area contributed by atoms with Crippen molar-refractivity contribution in [3.63, 3.8) is 0 Å². The van der Waals surface area contributed by atoms with E-state index in [4.69, 9.17) is 11.6 Å². The number of benzene rings is 4. The number of fused-ring (bicyclic) bond motifs is 7. The number of hydrogen-bond acceptors (Lipinski definition) is 0. The van der Waals surface area contributed by atoms with Crippen LogP contribution in [0.2, 0.25) is 11.8 Å². The molecule has 0 bridgehead atoms. The van der Waals surface area contributed by atoms with Crippen LogP contribution in [0, 0.1) is 27.6 Å². The third kappa shape index (κ3) is 5.35. The first-order valence-corrected chi connectivity index (χ1v) is 24.1. The normalized spacial score (nSPS) is 26.8. The number of rotatable bonds is 4. The van der Waals surface area contributed by atoms with Crippen molar-refractivity contribution >= 4 is 31.2 Å². The monoisotopic (exact) mass is 860 g/mol. The molecule has 5 aliphatic carbocycles. The van der Waals surface area contributed by atoms with Gasteiger partial charge in [-0.25, -0.2) is 0 Å². The fraction of sp³-hybridized carbons (Fsp3) is 0.353. The third-order valence-corrected chi connectivity index (χ3v) is 26.6. The van der Waals surface area contributed by atoms with Crippen LogP contribution < -0.4 is 24.8 Å². The topological polar surface area (TPSA) is 0 Å². The van der Waals surface area contributed by atoms with Crippen molar-refractivity contribution in [1.29, 1.82) is 0 Å². The average molecular weight is 864 g/mol. The van der Waals surface area contributed by atoms with E-state index in [1.807, 2.05) is 0 Å². The molecule has 55 heavy (non-hydrogen) atoms. The van der Waals surface area contributed by atoms with Crippen molar-refractivity contribution in [2.75, 3.05) is 0 Å². The number of hydrogen-bond donors (Lipinski definition) is 0. The van der Waals surface area contributed by atoms with Gasteiger partial charge in [-0.2, -0.15) is 0 Å². The van der Waals surface area contributed by atoms with Crippen LogP contribution in [0.5, 0.6) is 0 Å². The Hall–Kier alpha value is -2.54. The standard InChI is InChI=1S/C29H37.C17H11Cl.C5H5.2ClH.Zr/c1-18-25-22-17-19-13-9-10-14-20(19)24(22)21-15-11-12-16-23(21)29(25,8)28(6,7)27(4,5)26(18,2)3;18-16-9-3-5-13(12-16)11-15-8-4-7-14-6-1-2-10-17(14)15;1-2-4-5-3-1;;;/h9-11,13-15,23H,12,16-17H2,1-8H3;1-10,12H;1-5H;2*1H;/q;;;;;+2/p-2. The Morgan fingerprint density at radius 3 is 2.15 bits per heavy atom. The summed E-state index contributed by atoms with van der Waals surface area (Å²) in [6.07, 6.45) is 18.2. The Kier molecular flexibility index (Phi) is 10.4. The molecule has 0 aliphatic heterocycles. The van der Waals surface area contributed by atoms with E-state index < -0.39 is 21.3 Å². The molecule has 0 saturated heterocycles. The molecule has 4 aromatic rings. The largest absolute Gasteiger partial charge is 1.00 e. The molecular weight excluding hydrogens is 810 g/mol. The molecule has 9 rings (SSSR count). The Morgan fingerprint density at radius 2 is 1.40 bits per heavy atom. The molecule has 0 N–H and O–H groups in total. The van der Waals surface area contributed by atoms with Crippen LogP contribution in [0.1, 0.15) is 90.5 Å². The second kappa shape index (κ2) is 14.1. The van der Waals surface area contributed by atoms with Crippen LogP contribution >= 0.6 is 11.6 Å². The maximum atomic E-state index is 7.01. The molecule has 3 atom stereocenters. The predicted octanol–water partition coefficient (Wildman–Crippen LogP) is 8.17. The van der Waals surface area contributed by atoms with Gasteiger partial charge >= 0.3 is 333 Å². The van der Waals surface area contributed by atoms with Crippen LogP contribution in [-0.2, 0) is 27.7 Å². The van der Waals surface area contributed by atoms with Crippen molar-refractivity contribution in [2.45, 2.75) is 81.4 Å². The third-order valence-electron chi connectivity index (χ3n) is 16.3. The van der Waals surface area contributed by atoms with Gasteiger partial charge in [-0.15, -0.1) is 0 Å².